The van der Waals surface area contributed by atoms with E-state index in [9.17, 15) is 4.79 Å². The van der Waals surface area contributed by atoms with Gasteiger partial charge in [-0.2, -0.15) is 0 Å². The van der Waals surface area contributed by atoms with Crippen LogP contribution in [0.2, 0.25) is 0 Å². The van der Waals surface area contributed by atoms with Crippen LogP contribution in [-0.2, 0) is 4.74 Å². The molecule has 2 fully saturated rings. The lowest BCUT2D eigenvalue weighted by Gasteiger charge is -2.44. The zero-order valence-electron chi connectivity index (χ0n) is 10.4. The van der Waals surface area contributed by atoms with Crippen molar-refractivity contribution in [2.45, 2.75) is 51.7 Å². The normalized spacial score (nSPS) is 33.6. The number of hydrogen-bond donors (Lipinski definition) is 2. The summed E-state index contributed by atoms with van der Waals surface area (Å²) in [6.45, 7) is 8.07. The van der Waals surface area contributed by atoms with Crippen molar-refractivity contribution < 1.29 is 9.53 Å². The first-order valence-corrected chi connectivity index (χ1v) is 6.08. The number of amides is 1. The SMILES string of the molecule is CC(C)(C)NC(=O)OC1CC2(CCNC2)C1. The second-order valence-corrected chi connectivity index (χ2v) is 6.24. The van der Waals surface area contributed by atoms with E-state index in [1.54, 1.807) is 0 Å². The highest BCUT2D eigenvalue weighted by Gasteiger charge is 2.47. The lowest BCUT2D eigenvalue weighted by atomic mass is 9.66. The Morgan fingerprint density at radius 3 is 2.62 bits per heavy atom. The van der Waals surface area contributed by atoms with E-state index in [1.165, 1.54) is 6.42 Å². The van der Waals surface area contributed by atoms with Crippen molar-refractivity contribution >= 4 is 6.09 Å². The molecule has 4 nitrogen and oxygen atoms in total. The Kier molecular flexibility index (Phi) is 2.86. The molecule has 0 aromatic rings. The molecule has 1 saturated heterocycles. The molecule has 1 heterocycles. The number of hydrogen-bond acceptors (Lipinski definition) is 3. The molecule has 0 unspecified atom stereocenters. The Labute approximate surface area is 97.1 Å². The van der Waals surface area contributed by atoms with Gasteiger partial charge in [0.1, 0.15) is 6.10 Å². The van der Waals surface area contributed by atoms with Crippen molar-refractivity contribution in [2.75, 3.05) is 13.1 Å². The van der Waals surface area contributed by atoms with Crippen molar-refractivity contribution in [2.24, 2.45) is 5.41 Å². The molecule has 4 heteroatoms. The minimum atomic E-state index is -0.279. The number of alkyl carbamates (subject to hydrolysis) is 1. The fraction of sp³-hybridized carbons (Fsp3) is 0.917. The molecule has 2 rings (SSSR count). The van der Waals surface area contributed by atoms with Crippen molar-refractivity contribution in [3.8, 4) is 0 Å². The van der Waals surface area contributed by atoms with Crippen LogP contribution in [0.3, 0.4) is 0 Å². The third kappa shape index (κ3) is 2.67. The number of rotatable bonds is 1. The Hall–Kier alpha value is -0.770. The summed E-state index contributed by atoms with van der Waals surface area (Å²) in [6.07, 6.45) is 3.13. The Balaban J connectivity index is 1.71. The predicted octanol–water partition coefficient (Wildman–Crippen LogP) is 1.65. The average molecular weight is 226 g/mol. The molecule has 1 amide bonds. The van der Waals surface area contributed by atoms with E-state index >= 15 is 0 Å². The fourth-order valence-electron chi connectivity index (χ4n) is 2.62. The molecule has 0 bridgehead atoms. The van der Waals surface area contributed by atoms with E-state index in [4.69, 9.17) is 4.74 Å². The van der Waals surface area contributed by atoms with E-state index in [0.717, 1.165) is 25.9 Å². The maximum atomic E-state index is 11.5. The Bertz CT molecular complexity index is 269. The molecule has 1 spiro atoms. The standard InChI is InChI=1S/C12H22N2O2/c1-11(2,3)14-10(15)16-9-6-12(7-9)4-5-13-8-12/h9,13H,4-8H2,1-3H3,(H,14,15). The number of nitrogens with one attached hydrogen (secondary N) is 2. The molecule has 92 valence electrons. The molecule has 1 aliphatic carbocycles. The first-order valence-electron chi connectivity index (χ1n) is 6.08. The minimum Gasteiger partial charge on any atom is -0.446 e. The van der Waals surface area contributed by atoms with Gasteiger partial charge in [-0.15, -0.1) is 0 Å². The zero-order valence-corrected chi connectivity index (χ0v) is 10.4. The van der Waals surface area contributed by atoms with Crippen LogP contribution in [0.15, 0.2) is 0 Å². The van der Waals surface area contributed by atoms with E-state index in [1.807, 2.05) is 20.8 Å². The van der Waals surface area contributed by atoms with Gasteiger partial charge in [0.25, 0.3) is 0 Å². The predicted molar refractivity (Wildman–Crippen MR) is 62.3 cm³/mol. The summed E-state index contributed by atoms with van der Waals surface area (Å²) in [4.78, 5) is 11.5. The van der Waals surface area contributed by atoms with Crippen LogP contribution in [-0.4, -0.2) is 30.8 Å². The zero-order chi connectivity index (χ0) is 11.8. The van der Waals surface area contributed by atoms with Crippen LogP contribution in [0, 0.1) is 5.41 Å². The van der Waals surface area contributed by atoms with Gasteiger partial charge < -0.3 is 15.4 Å². The van der Waals surface area contributed by atoms with Gasteiger partial charge in [-0.3, -0.25) is 0 Å². The molecular weight excluding hydrogens is 204 g/mol. The molecule has 2 aliphatic rings. The quantitative estimate of drug-likeness (QED) is 0.715. The van der Waals surface area contributed by atoms with Crippen molar-refractivity contribution in [3.63, 3.8) is 0 Å². The maximum Gasteiger partial charge on any atom is 0.407 e. The maximum absolute atomic E-state index is 11.5. The lowest BCUT2D eigenvalue weighted by molar-refractivity contribution is -0.0330. The summed E-state index contributed by atoms with van der Waals surface area (Å²) in [5, 5.41) is 6.19. The van der Waals surface area contributed by atoms with Crippen molar-refractivity contribution in [1.82, 2.24) is 10.6 Å². The summed E-state index contributed by atoms with van der Waals surface area (Å²) in [6, 6.07) is 0. The molecule has 0 aromatic carbocycles. The van der Waals surface area contributed by atoms with Gasteiger partial charge in [-0.25, -0.2) is 4.79 Å². The number of carbonyl (C=O) groups is 1. The highest BCUT2D eigenvalue weighted by Crippen LogP contribution is 2.47. The van der Waals surface area contributed by atoms with E-state index in [2.05, 4.69) is 10.6 Å². The molecule has 0 aromatic heterocycles. The van der Waals surface area contributed by atoms with Crippen LogP contribution in [0.4, 0.5) is 4.79 Å². The van der Waals surface area contributed by atoms with Crippen molar-refractivity contribution in [3.05, 3.63) is 0 Å². The molecule has 2 N–H and O–H groups in total. The number of carbonyl (C=O) groups excluding carboxylic acids is 1. The van der Waals surface area contributed by atoms with Crippen LogP contribution < -0.4 is 10.6 Å². The van der Waals surface area contributed by atoms with E-state index < -0.39 is 0 Å². The summed E-state index contributed by atoms with van der Waals surface area (Å²) in [5.41, 5.74) is 0.222. The second-order valence-electron chi connectivity index (χ2n) is 6.24. The monoisotopic (exact) mass is 226 g/mol. The van der Waals surface area contributed by atoms with Crippen molar-refractivity contribution in [1.29, 1.82) is 0 Å². The van der Waals surface area contributed by atoms with E-state index in [0.29, 0.717) is 5.41 Å². The fourth-order valence-corrected chi connectivity index (χ4v) is 2.62. The van der Waals surface area contributed by atoms with Crippen LogP contribution in [0.1, 0.15) is 40.0 Å². The minimum absolute atomic E-state index is 0.127. The molecule has 1 saturated carbocycles. The largest absolute Gasteiger partial charge is 0.446 e. The van der Waals surface area contributed by atoms with Crippen LogP contribution in [0.25, 0.3) is 0 Å². The lowest BCUT2D eigenvalue weighted by Crippen LogP contribution is -2.48. The average Bonchev–Trinajstić information content (AvgIpc) is 2.47. The highest BCUT2D eigenvalue weighted by atomic mass is 16.6. The number of ether oxygens (including phenoxy) is 1. The summed E-state index contributed by atoms with van der Waals surface area (Å²) >= 11 is 0. The Morgan fingerprint density at radius 2 is 2.12 bits per heavy atom. The van der Waals surface area contributed by atoms with Crippen LogP contribution >= 0.6 is 0 Å². The summed E-state index contributed by atoms with van der Waals surface area (Å²) in [5.74, 6) is 0. The second kappa shape index (κ2) is 3.91. The van der Waals surface area contributed by atoms with Gasteiger partial charge in [0, 0.05) is 12.1 Å². The molecule has 1 aliphatic heterocycles. The Morgan fingerprint density at radius 1 is 1.44 bits per heavy atom. The first kappa shape index (κ1) is 11.7. The van der Waals surface area contributed by atoms with Gasteiger partial charge in [0.15, 0.2) is 0 Å². The smallest absolute Gasteiger partial charge is 0.407 e. The molecular formula is C12H22N2O2. The topological polar surface area (TPSA) is 50.4 Å². The van der Waals surface area contributed by atoms with Gasteiger partial charge in [-0.05, 0) is 52.0 Å². The molecule has 0 atom stereocenters. The molecule has 16 heavy (non-hydrogen) atoms. The third-order valence-electron chi connectivity index (χ3n) is 3.40. The van der Waals surface area contributed by atoms with E-state index in [-0.39, 0.29) is 17.7 Å². The third-order valence-corrected chi connectivity index (χ3v) is 3.40. The van der Waals surface area contributed by atoms with Crippen LogP contribution in [0.5, 0.6) is 0 Å². The van der Waals surface area contributed by atoms with Gasteiger partial charge >= 0.3 is 6.09 Å². The van der Waals surface area contributed by atoms with Gasteiger partial charge in [-0.1, -0.05) is 0 Å². The first-order chi connectivity index (χ1) is 7.39. The van der Waals surface area contributed by atoms with Gasteiger partial charge in [0.2, 0.25) is 0 Å². The summed E-state index contributed by atoms with van der Waals surface area (Å²) < 4.78 is 5.37. The summed E-state index contributed by atoms with van der Waals surface area (Å²) in [7, 11) is 0. The van der Waals surface area contributed by atoms with Gasteiger partial charge in [0.05, 0.1) is 0 Å². The highest BCUT2D eigenvalue weighted by molar-refractivity contribution is 5.68. The molecule has 0 radical (unpaired) electrons.